The molecule has 1 amide bonds. The van der Waals surface area contributed by atoms with Crippen LogP contribution in [-0.4, -0.2) is 32.7 Å². The second-order valence-electron chi connectivity index (χ2n) is 6.46. The number of hydrogen-bond acceptors (Lipinski definition) is 6. The summed E-state index contributed by atoms with van der Waals surface area (Å²) in [7, 11) is 0. The van der Waals surface area contributed by atoms with E-state index in [0.717, 1.165) is 11.1 Å². The Morgan fingerprint density at radius 2 is 1.76 bits per heavy atom. The van der Waals surface area contributed by atoms with Gasteiger partial charge < -0.3 is 20.3 Å². The molecule has 0 spiro atoms. The number of nitrogens with one attached hydrogen (secondary N) is 1. The predicted octanol–water partition coefficient (Wildman–Crippen LogP) is 3.37. The standard InChI is InChI=1S/C22H23N3O4/c1-3-29-17-12-8-7-11-16(17)13-23-21(27)18-19(26)22(28)25-20(24-18)14(2)15-9-5-4-6-10-15/h4-12,14,26H,3,13H2,1-2H3,(H,23,27)(H,24,25,28). The smallest absolute Gasteiger partial charge is 0.274 e. The maximum Gasteiger partial charge on any atom is 0.274 e. The summed E-state index contributed by atoms with van der Waals surface area (Å²) in [6.07, 6.45) is 0. The van der Waals surface area contributed by atoms with E-state index in [1.54, 1.807) is 0 Å². The van der Waals surface area contributed by atoms with E-state index in [4.69, 9.17) is 4.74 Å². The molecule has 0 aliphatic rings. The fourth-order valence-electron chi connectivity index (χ4n) is 2.91. The molecular weight excluding hydrogens is 370 g/mol. The largest absolute Gasteiger partial charge is 0.501 e. The summed E-state index contributed by atoms with van der Waals surface area (Å²) in [5.74, 6) is -1.25. The Kier molecular flexibility index (Phi) is 6.29. The van der Waals surface area contributed by atoms with Gasteiger partial charge in [0.15, 0.2) is 5.69 Å². The predicted molar refractivity (Wildman–Crippen MR) is 108 cm³/mol. The number of nitrogens with zero attached hydrogens (tertiary/aromatic N) is 2. The summed E-state index contributed by atoms with van der Waals surface area (Å²) >= 11 is 0. The Balaban J connectivity index is 1.83. The molecule has 29 heavy (non-hydrogen) atoms. The molecule has 1 atom stereocenters. The van der Waals surface area contributed by atoms with Crippen LogP contribution in [0.4, 0.5) is 0 Å². The average molecular weight is 393 g/mol. The lowest BCUT2D eigenvalue weighted by Gasteiger charge is -2.14. The molecule has 7 nitrogen and oxygen atoms in total. The van der Waals surface area contributed by atoms with Gasteiger partial charge in [0, 0.05) is 18.0 Å². The first-order chi connectivity index (χ1) is 14.0. The van der Waals surface area contributed by atoms with Crippen molar-refractivity contribution in [3.63, 3.8) is 0 Å². The molecule has 0 aliphatic carbocycles. The van der Waals surface area contributed by atoms with Gasteiger partial charge in [0.25, 0.3) is 11.8 Å². The summed E-state index contributed by atoms with van der Waals surface area (Å²) in [4.78, 5) is 20.8. The zero-order valence-corrected chi connectivity index (χ0v) is 16.3. The van der Waals surface area contributed by atoms with E-state index in [-0.39, 0.29) is 24.0 Å². The molecule has 1 heterocycles. The number of carbonyl (C=O) groups excluding carboxylic acids is 1. The van der Waals surface area contributed by atoms with Crippen LogP contribution in [0.15, 0.2) is 54.6 Å². The highest BCUT2D eigenvalue weighted by Gasteiger charge is 2.22. The molecule has 3 N–H and O–H groups in total. The first-order valence-corrected chi connectivity index (χ1v) is 9.35. The molecule has 0 aliphatic heterocycles. The third kappa shape index (κ3) is 4.63. The minimum absolute atomic E-state index is 0.183. The average Bonchev–Trinajstić information content (AvgIpc) is 2.75. The summed E-state index contributed by atoms with van der Waals surface area (Å²) in [5, 5.41) is 22.9. The highest BCUT2D eigenvalue weighted by Crippen LogP contribution is 2.30. The first kappa shape index (κ1) is 20.1. The Morgan fingerprint density at radius 1 is 1.07 bits per heavy atom. The summed E-state index contributed by atoms with van der Waals surface area (Å²) in [6.45, 7) is 4.43. The van der Waals surface area contributed by atoms with Gasteiger partial charge in [-0.2, -0.15) is 4.98 Å². The topological polar surface area (TPSA) is 105 Å². The van der Waals surface area contributed by atoms with Crippen LogP contribution in [0.3, 0.4) is 0 Å². The summed E-state index contributed by atoms with van der Waals surface area (Å²) in [6, 6.07) is 16.8. The van der Waals surface area contributed by atoms with E-state index < -0.39 is 17.5 Å². The van der Waals surface area contributed by atoms with Crippen LogP contribution in [0.2, 0.25) is 0 Å². The number of rotatable bonds is 7. The number of carbonyl (C=O) groups is 1. The molecule has 3 rings (SSSR count). The number of ether oxygens (including phenoxy) is 1. The van der Waals surface area contributed by atoms with E-state index in [0.29, 0.717) is 12.4 Å². The molecule has 0 saturated heterocycles. The maximum absolute atomic E-state index is 12.7. The Morgan fingerprint density at radius 3 is 2.48 bits per heavy atom. The molecule has 0 saturated carbocycles. The van der Waals surface area contributed by atoms with Crippen LogP contribution < -0.4 is 10.1 Å². The van der Waals surface area contributed by atoms with E-state index in [2.05, 4.69) is 15.3 Å². The van der Waals surface area contributed by atoms with Crippen LogP contribution in [0.5, 0.6) is 17.4 Å². The van der Waals surface area contributed by atoms with Gasteiger partial charge in [-0.15, -0.1) is 0 Å². The van der Waals surface area contributed by atoms with Gasteiger partial charge in [-0.1, -0.05) is 55.5 Å². The summed E-state index contributed by atoms with van der Waals surface area (Å²) in [5.41, 5.74) is 1.44. The van der Waals surface area contributed by atoms with Crippen LogP contribution in [-0.2, 0) is 6.54 Å². The number of aromatic hydroxyl groups is 2. The fourth-order valence-corrected chi connectivity index (χ4v) is 2.91. The lowest BCUT2D eigenvalue weighted by molar-refractivity contribution is 0.0941. The quantitative estimate of drug-likeness (QED) is 0.568. The zero-order valence-electron chi connectivity index (χ0n) is 16.3. The number of benzene rings is 2. The fraction of sp³-hybridized carbons (Fsp3) is 0.227. The second-order valence-corrected chi connectivity index (χ2v) is 6.46. The molecule has 0 bridgehead atoms. The Hall–Kier alpha value is -3.61. The molecular formula is C22H23N3O4. The summed E-state index contributed by atoms with van der Waals surface area (Å²) < 4.78 is 5.55. The molecule has 3 aromatic rings. The van der Waals surface area contributed by atoms with Crippen molar-refractivity contribution in [1.82, 2.24) is 15.3 Å². The van der Waals surface area contributed by atoms with Gasteiger partial charge in [-0.25, -0.2) is 4.98 Å². The van der Waals surface area contributed by atoms with Crippen molar-refractivity contribution in [2.24, 2.45) is 0 Å². The van der Waals surface area contributed by atoms with Crippen LogP contribution >= 0.6 is 0 Å². The highest BCUT2D eigenvalue weighted by molar-refractivity contribution is 5.95. The molecule has 7 heteroatoms. The third-order valence-corrected chi connectivity index (χ3v) is 4.50. The SMILES string of the molecule is CCOc1ccccc1CNC(=O)c1nc(C(C)c2ccccc2)nc(O)c1O. The molecule has 2 aromatic carbocycles. The second kappa shape index (κ2) is 9.05. The van der Waals surface area contributed by atoms with Gasteiger partial charge >= 0.3 is 0 Å². The van der Waals surface area contributed by atoms with Crippen molar-refractivity contribution in [3.05, 3.63) is 77.2 Å². The van der Waals surface area contributed by atoms with Crippen LogP contribution in [0.1, 0.15) is 47.2 Å². The number of aromatic nitrogens is 2. The van der Waals surface area contributed by atoms with Crippen molar-refractivity contribution < 1.29 is 19.7 Å². The van der Waals surface area contributed by atoms with Crippen molar-refractivity contribution in [2.45, 2.75) is 26.3 Å². The van der Waals surface area contributed by atoms with E-state index in [1.165, 1.54) is 0 Å². The lowest BCUT2D eigenvalue weighted by atomic mass is 10.0. The molecule has 0 radical (unpaired) electrons. The van der Waals surface area contributed by atoms with Gasteiger partial charge in [0.1, 0.15) is 11.6 Å². The number of amides is 1. The van der Waals surface area contributed by atoms with Gasteiger partial charge in [0.05, 0.1) is 6.61 Å². The van der Waals surface area contributed by atoms with Crippen molar-refractivity contribution in [1.29, 1.82) is 0 Å². The maximum atomic E-state index is 12.7. The Labute approximate surface area is 169 Å². The minimum atomic E-state index is -0.649. The third-order valence-electron chi connectivity index (χ3n) is 4.50. The number of para-hydroxylation sites is 1. The monoisotopic (exact) mass is 393 g/mol. The highest BCUT2D eigenvalue weighted by atomic mass is 16.5. The van der Waals surface area contributed by atoms with Gasteiger partial charge in [-0.05, 0) is 18.6 Å². The molecule has 150 valence electrons. The van der Waals surface area contributed by atoms with E-state index >= 15 is 0 Å². The normalized spacial score (nSPS) is 11.7. The van der Waals surface area contributed by atoms with Crippen molar-refractivity contribution >= 4 is 5.91 Å². The van der Waals surface area contributed by atoms with E-state index in [9.17, 15) is 15.0 Å². The van der Waals surface area contributed by atoms with Crippen LogP contribution in [0, 0.1) is 0 Å². The van der Waals surface area contributed by atoms with Gasteiger partial charge in [-0.3, -0.25) is 4.79 Å². The number of hydrogen-bond donors (Lipinski definition) is 3. The van der Waals surface area contributed by atoms with Gasteiger partial charge in [0.2, 0.25) is 5.75 Å². The Bertz CT molecular complexity index is 993. The molecule has 0 fully saturated rings. The molecule has 1 aromatic heterocycles. The molecule has 1 unspecified atom stereocenters. The lowest BCUT2D eigenvalue weighted by Crippen LogP contribution is -2.25. The van der Waals surface area contributed by atoms with Crippen molar-refractivity contribution in [2.75, 3.05) is 6.61 Å². The first-order valence-electron chi connectivity index (χ1n) is 9.35. The van der Waals surface area contributed by atoms with Crippen LogP contribution in [0.25, 0.3) is 0 Å². The van der Waals surface area contributed by atoms with Crippen molar-refractivity contribution in [3.8, 4) is 17.4 Å². The zero-order chi connectivity index (χ0) is 20.8. The minimum Gasteiger partial charge on any atom is -0.501 e. The van der Waals surface area contributed by atoms with E-state index in [1.807, 2.05) is 68.4 Å².